The lowest BCUT2D eigenvalue weighted by Crippen LogP contribution is -2.46. The van der Waals surface area contributed by atoms with Gasteiger partial charge in [-0.15, -0.1) is 0 Å². The maximum absolute atomic E-state index is 13.3. The fourth-order valence-corrected chi connectivity index (χ4v) is 5.12. The Hall–Kier alpha value is -2.13. The molecule has 1 aliphatic rings. The molecule has 156 valence electrons. The zero-order chi connectivity index (χ0) is 21.4. The molecule has 2 aromatic rings. The van der Waals surface area contributed by atoms with Crippen molar-refractivity contribution in [2.75, 3.05) is 5.75 Å². The van der Waals surface area contributed by atoms with Gasteiger partial charge >= 0.3 is 6.18 Å². The number of carbonyl (C=O) groups is 1. The number of carbonyl (C=O) groups excluding carboxylic acids is 1. The van der Waals surface area contributed by atoms with Gasteiger partial charge < -0.3 is 5.32 Å². The van der Waals surface area contributed by atoms with Gasteiger partial charge in [0.05, 0.1) is 16.2 Å². The minimum Gasteiger partial charge on any atom is -0.349 e. The minimum atomic E-state index is -4.63. The summed E-state index contributed by atoms with van der Waals surface area (Å²) in [6, 6.07) is 6.75. The average molecular weight is 450 g/mol. The van der Waals surface area contributed by atoms with Crippen LogP contribution in [0.5, 0.6) is 0 Å². The van der Waals surface area contributed by atoms with E-state index in [4.69, 9.17) is 11.6 Å². The molecule has 3 rings (SSSR count). The van der Waals surface area contributed by atoms with E-state index in [0.717, 1.165) is 30.3 Å². The molecule has 29 heavy (non-hydrogen) atoms. The van der Waals surface area contributed by atoms with Crippen LogP contribution in [0.4, 0.5) is 17.6 Å². The average Bonchev–Trinajstić information content (AvgIpc) is 2.58. The van der Waals surface area contributed by atoms with Crippen molar-refractivity contribution in [2.24, 2.45) is 5.92 Å². The lowest BCUT2D eigenvalue weighted by molar-refractivity contribution is -0.137. The van der Waals surface area contributed by atoms with Crippen LogP contribution in [0.3, 0.4) is 0 Å². The first-order chi connectivity index (χ1) is 13.4. The summed E-state index contributed by atoms with van der Waals surface area (Å²) < 4.78 is 76.6. The molecular formula is C19H16ClF4NO3S. The number of sulfone groups is 1. The highest BCUT2D eigenvalue weighted by Gasteiger charge is 2.36. The first-order valence-electron chi connectivity index (χ1n) is 8.61. The molecule has 1 fully saturated rings. The van der Waals surface area contributed by atoms with Gasteiger partial charge in [-0.05, 0) is 55.2 Å². The van der Waals surface area contributed by atoms with E-state index < -0.39 is 33.3 Å². The van der Waals surface area contributed by atoms with Crippen LogP contribution in [0.1, 0.15) is 28.8 Å². The summed E-state index contributed by atoms with van der Waals surface area (Å²) in [5, 5.41) is 2.74. The molecule has 0 radical (unpaired) electrons. The largest absolute Gasteiger partial charge is 0.416 e. The third-order valence-corrected chi connectivity index (χ3v) is 6.77. The van der Waals surface area contributed by atoms with Crippen LogP contribution in [0, 0.1) is 11.7 Å². The van der Waals surface area contributed by atoms with Gasteiger partial charge in [-0.3, -0.25) is 4.79 Å². The molecule has 10 heteroatoms. The Morgan fingerprint density at radius 2 is 1.83 bits per heavy atom. The fraction of sp³-hybridized carbons (Fsp3) is 0.316. The molecule has 1 saturated carbocycles. The molecule has 2 aromatic carbocycles. The van der Waals surface area contributed by atoms with Crippen LogP contribution in [0.15, 0.2) is 47.4 Å². The van der Waals surface area contributed by atoms with E-state index >= 15 is 0 Å². The maximum atomic E-state index is 13.3. The van der Waals surface area contributed by atoms with Crippen molar-refractivity contribution in [2.45, 2.75) is 30.0 Å². The van der Waals surface area contributed by atoms with Gasteiger partial charge in [-0.2, -0.15) is 13.2 Å². The molecule has 0 aromatic heterocycles. The van der Waals surface area contributed by atoms with Gasteiger partial charge in [0.15, 0.2) is 9.84 Å². The molecule has 1 N–H and O–H groups in total. The van der Waals surface area contributed by atoms with Crippen LogP contribution < -0.4 is 5.32 Å². The first kappa shape index (κ1) is 21.6. The standard InChI is InChI=1S/C19H16ClF4NO3S/c20-14-6-12(7-15(21)9-14)18(26)25-16-4-11(5-16)10-29(27,28)17-3-1-2-13(8-17)19(22,23)24/h1-3,6-9,11,16H,4-5,10H2,(H,25,26). The first-order valence-corrected chi connectivity index (χ1v) is 10.6. The molecule has 0 aliphatic heterocycles. The smallest absolute Gasteiger partial charge is 0.349 e. The third kappa shape index (κ3) is 5.27. The topological polar surface area (TPSA) is 63.2 Å². The molecule has 0 heterocycles. The van der Waals surface area contributed by atoms with E-state index in [1.54, 1.807) is 0 Å². The van der Waals surface area contributed by atoms with E-state index in [1.165, 1.54) is 6.07 Å². The summed E-state index contributed by atoms with van der Waals surface area (Å²) in [7, 11) is -3.90. The van der Waals surface area contributed by atoms with Gasteiger partial charge in [0.2, 0.25) is 0 Å². The number of hydrogen-bond acceptors (Lipinski definition) is 3. The van der Waals surface area contributed by atoms with Crippen LogP contribution in [-0.2, 0) is 16.0 Å². The third-order valence-electron chi connectivity index (χ3n) is 4.67. The van der Waals surface area contributed by atoms with Gasteiger partial charge in [-0.25, -0.2) is 12.8 Å². The van der Waals surface area contributed by atoms with E-state index in [2.05, 4.69) is 5.32 Å². The van der Waals surface area contributed by atoms with Gasteiger partial charge in [-0.1, -0.05) is 17.7 Å². The Morgan fingerprint density at radius 1 is 1.14 bits per heavy atom. The number of amides is 1. The lowest BCUT2D eigenvalue weighted by Gasteiger charge is -2.35. The van der Waals surface area contributed by atoms with E-state index in [9.17, 15) is 30.8 Å². The van der Waals surface area contributed by atoms with Crippen LogP contribution >= 0.6 is 11.6 Å². The molecule has 1 aliphatic carbocycles. The number of rotatable bonds is 5. The van der Waals surface area contributed by atoms with Crippen LogP contribution in [0.25, 0.3) is 0 Å². The highest BCUT2D eigenvalue weighted by atomic mass is 35.5. The summed E-state index contributed by atoms with van der Waals surface area (Å²) >= 11 is 5.71. The van der Waals surface area contributed by atoms with E-state index in [0.29, 0.717) is 18.9 Å². The summed E-state index contributed by atoms with van der Waals surface area (Å²) in [5.41, 5.74) is -0.971. The quantitative estimate of drug-likeness (QED) is 0.684. The summed E-state index contributed by atoms with van der Waals surface area (Å²) in [6.45, 7) is 0. The van der Waals surface area contributed by atoms with Crippen molar-refractivity contribution in [3.63, 3.8) is 0 Å². The van der Waals surface area contributed by atoms with Gasteiger partial charge in [0, 0.05) is 16.6 Å². The predicted octanol–water partition coefficient (Wildman–Crippen LogP) is 4.48. The fourth-order valence-electron chi connectivity index (χ4n) is 3.22. The summed E-state index contributed by atoms with van der Waals surface area (Å²) in [6.07, 6.45) is -3.92. The Morgan fingerprint density at radius 3 is 2.45 bits per heavy atom. The Labute approximate surface area is 169 Å². The van der Waals surface area contributed by atoms with Gasteiger partial charge in [0.25, 0.3) is 5.91 Å². The Kier molecular flexibility index (Phi) is 5.91. The second-order valence-corrected chi connectivity index (χ2v) is 9.44. The van der Waals surface area contributed by atoms with Gasteiger partial charge in [0.1, 0.15) is 5.82 Å². The van der Waals surface area contributed by atoms with E-state index in [-0.39, 0.29) is 33.2 Å². The number of alkyl halides is 3. The van der Waals surface area contributed by atoms with Crippen molar-refractivity contribution in [1.29, 1.82) is 0 Å². The Bertz CT molecular complexity index is 1010. The van der Waals surface area contributed by atoms with Crippen molar-refractivity contribution < 1.29 is 30.8 Å². The SMILES string of the molecule is O=C(NC1CC(CS(=O)(=O)c2cccc(C(F)(F)F)c2)C1)c1cc(F)cc(Cl)c1. The summed E-state index contributed by atoms with van der Waals surface area (Å²) in [4.78, 5) is 11.8. The maximum Gasteiger partial charge on any atom is 0.416 e. The normalized spacial score (nSPS) is 19.5. The van der Waals surface area contributed by atoms with Crippen molar-refractivity contribution in [3.8, 4) is 0 Å². The zero-order valence-corrected chi connectivity index (χ0v) is 16.4. The summed E-state index contributed by atoms with van der Waals surface area (Å²) in [5.74, 6) is -1.79. The van der Waals surface area contributed by atoms with Crippen LogP contribution in [-0.4, -0.2) is 26.1 Å². The second-order valence-electron chi connectivity index (χ2n) is 6.97. The minimum absolute atomic E-state index is 0.0510. The van der Waals surface area contributed by atoms with E-state index in [1.807, 2.05) is 0 Å². The number of hydrogen-bond donors (Lipinski definition) is 1. The lowest BCUT2D eigenvalue weighted by atomic mass is 9.81. The molecule has 0 bridgehead atoms. The molecule has 4 nitrogen and oxygen atoms in total. The molecule has 0 atom stereocenters. The zero-order valence-electron chi connectivity index (χ0n) is 14.8. The predicted molar refractivity (Wildman–Crippen MR) is 98.9 cm³/mol. The second kappa shape index (κ2) is 7.95. The molecule has 0 spiro atoms. The molecule has 1 amide bonds. The molecule has 0 saturated heterocycles. The highest BCUT2D eigenvalue weighted by Crippen LogP contribution is 2.33. The molecule has 0 unspecified atom stereocenters. The number of benzene rings is 2. The van der Waals surface area contributed by atoms with Crippen LogP contribution in [0.2, 0.25) is 5.02 Å². The number of nitrogens with one attached hydrogen (secondary N) is 1. The number of halogens is 5. The monoisotopic (exact) mass is 449 g/mol. The molecular weight excluding hydrogens is 434 g/mol. The van der Waals surface area contributed by atoms with Crippen molar-refractivity contribution in [3.05, 3.63) is 64.4 Å². The van der Waals surface area contributed by atoms with Crippen molar-refractivity contribution in [1.82, 2.24) is 5.32 Å². The van der Waals surface area contributed by atoms with Crippen molar-refractivity contribution >= 4 is 27.3 Å². The Balaban J connectivity index is 1.58. The highest BCUT2D eigenvalue weighted by molar-refractivity contribution is 7.91.